The summed E-state index contributed by atoms with van der Waals surface area (Å²) in [7, 11) is 1.79. The van der Waals surface area contributed by atoms with Crippen molar-refractivity contribution in [3.05, 3.63) is 64.5 Å². The first kappa shape index (κ1) is 21.2. The van der Waals surface area contributed by atoms with Crippen LogP contribution in [0, 0.1) is 0 Å². The van der Waals surface area contributed by atoms with Gasteiger partial charge in [0.25, 0.3) is 0 Å². The summed E-state index contributed by atoms with van der Waals surface area (Å²) in [5, 5.41) is 7.43. The third-order valence-electron chi connectivity index (χ3n) is 5.30. The second kappa shape index (κ2) is 9.79. The quantitative estimate of drug-likeness (QED) is 0.538. The predicted octanol–water partition coefficient (Wildman–Crippen LogP) is 4.83. The Hall–Kier alpha value is -2.53. The molecule has 2 N–H and O–H groups in total. The number of nitrogens with zero attached hydrogens (tertiary/aromatic N) is 2. The Labute approximate surface area is 178 Å². The number of amides is 1. The molecule has 5 nitrogen and oxygen atoms in total. The van der Waals surface area contributed by atoms with Crippen LogP contribution in [0.5, 0.6) is 0 Å². The topological polar surface area (TPSA) is 56.7 Å². The van der Waals surface area contributed by atoms with Crippen molar-refractivity contribution in [3.8, 4) is 0 Å². The number of hydrogen-bond acceptors (Lipinski definition) is 4. The number of halogens is 1. The van der Waals surface area contributed by atoms with E-state index in [9.17, 15) is 4.79 Å². The number of benzene rings is 1. The second-order valence-electron chi connectivity index (χ2n) is 7.48. The van der Waals surface area contributed by atoms with E-state index in [4.69, 9.17) is 16.6 Å². The molecule has 1 unspecified atom stereocenters. The van der Waals surface area contributed by atoms with Gasteiger partial charge >= 0.3 is 0 Å². The number of rotatable bonds is 5. The standard InChI is InChI=1S/C23H29ClN4O/c1-16-21(10-7-13-25-16)26-15-19-14-20(24)11-12-22(19)27-23(28(3)17(2)29)18-8-5-4-6-9-18/h7-8,10-14,16,25-26H,4-6,9,15H2,1-3H3. The van der Waals surface area contributed by atoms with Crippen LogP contribution in [0.4, 0.5) is 5.69 Å². The van der Waals surface area contributed by atoms with E-state index in [0.29, 0.717) is 11.6 Å². The molecule has 1 amide bonds. The molecule has 1 aromatic rings. The third-order valence-corrected chi connectivity index (χ3v) is 5.54. The molecule has 0 bridgehead atoms. The highest BCUT2D eigenvalue weighted by molar-refractivity contribution is 6.30. The zero-order valence-corrected chi connectivity index (χ0v) is 18.1. The van der Waals surface area contributed by atoms with E-state index in [0.717, 1.165) is 47.6 Å². The molecule has 0 saturated carbocycles. The summed E-state index contributed by atoms with van der Waals surface area (Å²) in [5.74, 6) is 0.707. The smallest absolute Gasteiger partial charge is 0.224 e. The summed E-state index contributed by atoms with van der Waals surface area (Å²) in [6.07, 6.45) is 12.5. The van der Waals surface area contributed by atoms with Crippen LogP contribution in [0.3, 0.4) is 0 Å². The number of allylic oxidation sites excluding steroid dienone is 3. The van der Waals surface area contributed by atoms with Gasteiger partial charge in [-0.15, -0.1) is 0 Å². The summed E-state index contributed by atoms with van der Waals surface area (Å²) in [6, 6.07) is 5.92. The summed E-state index contributed by atoms with van der Waals surface area (Å²) >= 11 is 6.27. The van der Waals surface area contributed by atoms with Gasteiger partial charge in [-0.1, -0.05) is 17.7 Å². The second-order valence-corrected chi connectivity index (χ2v) is 7.92. The molecule has 1 heterocycles. The van der Waals surface area contributed by atoms with E-state index >= 15 is 0 Å². The van der Waals surface area contributed by atoms with Crippen LogP contribution in [0.1, 0.15) is 45.1 Å². The van der Waals surface area contributed by atoms with Crippen molar-refractivity contribution in [2.24, 2.45) is 4.99 Å². The lowest BCUT2D eigenvalue weighted by molar-refractivity contribution is -0.124. The first-order valence-corrected chi connectivity index (χ1v) is 10.5. The number of likely N-dealkylation sites (N-methyl/N-ethyl adjacent to an activating group) is 1. The Morgan fingerprint density at radius 3 is 2.90 bits per heavy atom. The number of nitrogens with one attached hydrogen (secondary N) is 2. The largest absolute Gasteiger partial charge is 0.383 e. The highest BCUT2D eigenvalue weighted by atomic mass is 35.5. The molecular weight excluding hydrogens is 384 g/mol. The Morgan fingerprint density at radius 1 is 1.38 bits per heavy atom. The van der Waals surface area contributed by atoms with Gasteiger partial charge in [0, 0.05) is 31.2 Å². The summed E-state index contributed by atoms with van der Waals surface area (Å²) in [5.41, 5.74) is 4.06. The van der Waals surface area contributed by atoms with Crippen LogP contribution in [-0.2, 0) is 11.3 Å². The number of carbonyl (C=O) groups excluding carboxylic acids is 1. The van der Waals surface area contributed by atoms with Gasteiger partial charge in [-0.05, 0) is 80.3 Å². The Bertz CT molecular complexity index is 885. The Morgan fingerprint density at radius 2 is 2.21 bits per heavy atom. The predicted molar refractivity (Wildman–Crippen MR) is 120 cm³/mol. The summed E-state index contributed by atoms with van der Waals surface area (Å²) in [6.45, 7) is 4.27. The lowest BCUT2D eigenvalue weighted by atomic mass is 9.98. The van der Waals surface area contributed by atoms with Crippen molar-refractivity contribution < 1.29 is 4.79 Å². The van der Waals surface area contributed by atoms with Crippen molar-refractivity contribution >= 4 is 29.0 Å². The van der Waals surface area contributed by atoms with Crippen LogP contribution < -0.4 is 10.6 Å². The molecule has 0 fully saturated rings. The van der Waals surface area contributed by atoms with E-state index in [-0.39, 0.29) is 11.9 Å². The van der Waals surface area contributed by atoms with Crippen molar-refractivity contribution in [1.82, 2.24) is 15.5 Å². The maximum Gasteiger partial charge on any atom is 0.224 e. The number of hydrogen-bond donors (Lipinski definition) is 2. The average molecular weight is 413 g/mol. The van der Waals surface area contributed by atoms with Gasteiger partial charge in [-0.3, -0.25) is 9.69 Å². The molecule has 29 heavy (non-hydrogen) atoms. The molecule has 2 aliphatic rings. The molecule has 0 spiro atoms. The normalized spacial score (nSPS) is 19.2. The monoisotopic (exact) mass is 412 g/mol. The van der Waals surface area contributed by atoms with E-state index in [1.807, 2.05) is 30.5 Å². The molecule has 0 aromatic heterocycles. The van der Waals surface area contributed by atoms with Crippen LogP contribution in [0.25, 0.3) is 0 Å². The average Bonchev–Trinajstić information content (AvgIpc) is 2.72. The number of dihydropyridines is 1. The molecule has 6 heteroatoms. The minimum Gasteiger partial charge on any atom is -0.383 e. The van der Waals surface area contributed by atoms with Crippen molar-refractivity contribution in [2.75, 3.05) is 7.05 Å². The molecular formula is C23H29ClN4O. The third kappa shape index (κ3) is 5.51. The van der Waals surface area contributed by atoms with Crippen molar-refractivity contribution in [2.45, 2.75) is 52.1 Å². The minimum atomic E-state index is -0.0251. The SMILES string of the molecule is CC(=O)N(C)C(=Nc1ccc(Cl)cc1CNC1=CC=CNC1C)C1=CCCCC1. The van der Waals surface area contributed by atoms with Gasteiger partial charge in [0.2, 0.25) is 5.91 Å². The molecule has 1 aliphatic carbocycles. The van der Waals surface area contributed by atoms with E-state index in [2.05, 4.69) is 29.7 Å². The maximum absolute atomic E-state index is 12.1. The fraction of sp³-hybridized carbons (Fsp3) is 0.391. The molecule has 1 atom stereocenters. The maximum atomic E-state index is 12.1. The van der Waals surface area contributed by atoms with Crippen LogP contribution in [0.15, 0.2) is 58.9 Å². The fourth-order valence-electron chi connectivity index (χ4n) is 3.47. The van der Waals surface area contributed by atoms with Crippen LogP contribution in [0.2, 0.25) is 5.02 Å². The van der Waals surface area contributed by atoms with Gasteiger partial charge in [-0.2, -0.15) is 0 Å². The van der Waals surface area contributed by atoms with Gasteiger partial charge in [0.05, 0.1) is 11.7 Å². The highest BCUT2D eigenvalue weighted by Gasteiger charge is 2.19. The van der Waals surface area contributed by atoms with E-state index < -0.39 is 0 Å². The van der Waals surface area contributed by atoms with Gasteiger partial charge in [-0.25, -0.2) is 4.99 Å². The molecule has 1 aromatic carbocycles. The van der Waals surface area contributed by atoms with Crippen LogP contribution >= 0.6 is 11.6 Å². The van der Waals surface area contributed by atoms with Gasteiger partial charge in [0.1, 0.15) is 5.84 Å². The number of carbonyl (C=O) groups is 1. The Balaban J connectivity index is 1.93. The molecule has 154 valence electrons. The first-order chi connectivity index (χ1) is 14.0. The zero-order chi connectivity index (χ0) is 20.8. The van der Waals surface area contributed by atoms with E-state index in [1.165, 1.54) is 6.42 Å². The lowest BCUT2D eigenvalue weighted by Gasteiger charge is -2.24. The summed E-state index contributed by atoms with van der Waals surface area (Å²) < 4.78 is 0. The zero-order valence-electron chi connectivity index (χ0n) is 17.3. The molecule has 3 rings (SSSR count). The Kier molecular flexibility index (Phi) is 7.15. The lowest BCUT2D eigenvalue weighted by Crippen LogP contribution is -2.33. The van der Waals surface area contributed by atoms with Crippen molar-refractivity contribution in [3.63, 3.8) is 0 Å². The van der Waals surface area contributed by atoms with Gasteiger partial charge in [0.15, 0.2) is 0 Å². The summed E-state index contributed by atoms with van der Waals surface area (Å²) in [4.78, 5) is 18.7. The molecule has 1 aliphatic heterocycles. The highest BCUT2D eigenvalue weighted by Crippen LogP contribution is 2.27. The van der Waals surface area contributed by atoms with E-state index in [1.54, 1.807) is 18.9 Å². The van der Waals surface area contributed by atoms with Crippen molar-refractivity contribution in [1.29, 1.82) is 0 Å². The molecule has 0 saturated heterocycles. The van der Waals surface area contributed by atoms with Gasteiger partial charge < -0.3 is 10.6 Å². The molecule has 0 radical (unpaired) electrons. The minimum absolute atomic E-state index is 0.0251. The first-order valence-electron chi connectivity index (χ1n) is 10.1. The van der Waals surface area contributed by atoms with Crippen LogP contribution in [-0.4, -0.2) is 29.7 Å². The fourth-order valence-corrected chi connectivity index (χ4v) is 3.66. The number of amidine groups is 1. The number of aliphatic imine (C=N–C) groups is 1.